The maximum absolute atomic E-state index is 13.0. The summed E-state index contributed by atoms with van der Waals surface area (Å²) in [4.78, 5) is -0.454. The first-order valence-electron chi connectivity index (χ1n) is 5.73. The molecular formula is C12H17F2NO3S. The molecule has 1 aromatic rings. The largest absolute Gasteiger partial charge is 0.396 e. The van der Waals surface area contributed by atoms with E-state index in [1.165, 1.54) is 0 Å². The van der Waals surface area contributed by atoms with E-state index in [9.17, 15) is 17.2 Å². The predicted octanol–water partition coefficient (Wildman–Crippen LogP) is 1.65. The number of aliphatic hydroxyl groups is 1. The van der Waals surface area contributed by atoms with Gasteiger partial charge in [0, 0.05) is 19.2 Å². The van der Waals surface area contributed by atoms with Gasteiger partial charge in [-0.25, -0.2) is 21.9 Å². The summed E-state index contributed by atoms with van der Waals surface area (Å²) in [5.74, 6) is -1.90. The van der Waals surface area contributed by atoms with Crippen molar-refractivity contribution in [2.75, 3.05) is 13.2 Å². The second-order valence-corrected chi connectivity index (χ2v) is 6.83. The van der Waals surface area contributed by atoms with Crippen molar-refractivity contribution >= 4 is 10.0 Å². The van der Waals surface area contributed by atoms with Gasteiger partial charge in [-0.2, -0.15) is 0 Å². The Bertz CT molecular complexity index is 524. The first kappa shape index (κ1) is 16.0. The molecule has 0 radical (unpaired) electrons. The Morgan fingerprint density at radius 1 is 1.21 bits per heavy atom. The van der Waals surface area contributed by atoms with Crippen LogP contribution in [0, 0.1) is 17.0 Å². The van der Waals surface area contributed by atoms with Gasteiger partial charge in [-0.3, -0.25) is 0 Å². The third-order valence-corrected chi connectivity index (χ3v) is 4.06. The average Bonchev–Trinajstić information content (AvgIpc) is 2.25. The first-order chi connectivity index (χ1) is 8.66. The number of hydrogen-bond acceptors (Lipinski definition) is 3. The van der Waals surface area contributed by atoms with E-state index in [0.29, 0.717) is 12.5 Å². The molecule has 0 aromatic heterocycles. The van der Waals surface area contributed by atoms with Gasteiger partial charge in [-0.05, 0) is 24.0 Å². The molecule has 0 aliphatic carbocycles. The molecule has 0 atom stereocenters. The van der Waals surface area contributed by atoms with Crippen LogP contribution in [0.4, 0.5) is 8.78 Å². The minimum absolute atomic E-state index is 0.0635. The molecule has 0 aliphatic rings. The van der Waals surface area contributed by atoms with Crippen molar-refractivity contribution in [3.63, 3.8) is 0 Å². The Labute approximate surface area is 111 Å². The average molecular weight is 293 g/mol. The molecule has 0 amide bonds. The molecule has 4 nitrogen and oxygen atoms in total. The molecule has 0 saturated heterocycles. The highest BCUT2D eigenvalue weighted by Gasteiger charge is 2.22. The van der Waals surface area contributed by atoms with Crippen LogP contribution in [-0.4, -0.2) is 26.7 Å². The van der Waals surface area contributed by atoms with E-state index in [1.54, 1.807) is 13.8 Å². The normalized spacial score (nSPS) is 12.7. The lowest BCUT2D eigenvalue weighted by Gasteiger charge is -2.23. The highest BCUT2D eigenvalue weighted by atomic mass is 32.2. The first-order valence-corrected chi connectivity index (χ1v) is 7.21. The fourth-order valence-electron chi connectivity index (χ4n) is 1.45. The van der Waals surface area contributed by atoms with Crippen molar-refractivity contribution in [1.29, 1.82) is 0 Å². The summed E-state index contributed by atoms with van der Waals surface area (Å²) in [5.41, 5.74) is -0.451. The highest BCUT2D eigenvalue weighted by molar-refractivity contribution is 7.89. The standard InChI is InChI=1S/C12H17F2NO3S/c1-12(2,3-4-16)8-15-19(17,18)11-6-9(13)5-10(14)7-11/h5-7,15-16H,3-4,8H2,1-2H3. The van der Waals surface area contributed by atoms with Crippen LogP contribution in [0.2, 0.25) is 0 Å². The quantitative estimate of drug-likeness (QED) is 0.838. The number of rotatable bonds is 6. The van der Waals surface area contributed by atoms with E-state index in [0.717, 1.165) is 12.1 Å². The van der Waals surface area contributed by atoms with Crippen molar-refractivity contribution in [3.05, 3.63) is 29.8 Å². The van der Waals surface area contributed by atoms with Crippen LogP contribution >= 0.6 is 0 Å². The summed E-state index contributed by atoms with van der Waals surface area (Å²) < 4.78 is 52.0. The molecular weight excluding hydrogens is 276 g/mol. The zero-order valence-corrected chi connectivity index (χ0v) is 11.6. The SMILES string of the molecule is CC(C)(CCO)CNS(=O)(=O)c1cc(F)cc(F)c1. The van der Waals surface area contributed by atoms with Crippen molar-refractivity contribution in [2.45, 2.75) is 25.2 Å². The van der Waals surface area contributed by atoms with E-state index in [4.69, 9.17) is 5.11 Å². The monoisotopic (exact) mass is 293 g/mol. The van der Waals surface area contributed by atoms with Crippen molar-refractivity contribution in [3.8, 4) is 0 Å². The van der Waals surface area contributed by atoms with E-state index >= 15 is 0 Å². The molecule has 0 spiro atoms. The molecule has 0 bridgehead atoms. The van der Waals surface area contributed by atoms with Gasteiger partial charge < -0.3 is 5.11 Å². The number of halogens is 2. The van der Waals surface area contributed by atoms with Gasteiger partial charge in [0.15, 0.2) is 0 Å². The molecule has 1 aromatic carbocycles. The second-order valence-electron chi connectivity index (χ2n) is 5.07. The molecule has 0 saturated carbocycles. The third-order valence-electron chi connectivity index (χ3n) is 2.68. The second kappa shape index (κ2) is 5.94. The summed E-state index contributed by atoms with van der Waals surface area (Å²) in [6, 6.07) is 2.11. The fourth-order valence-corrected chi connectivity index (χ4v) is 2.73. The summed E-state index contributed by atoms with van der Waals surface area (Å²) in [6.45, 7) is 3.55. The van der Waals surface area contributed by atoms with E-state index < -0.39 is 32.0 Å². The molecule has 0 unspecified atom stereocenters. The Kier molecular flexibility index (Phi) is 5.00. The van der Waals surface area contributed by atoms with Gasteiger partial charge in [0.25, 0.3) is 0 Å². The van der Waals surface area contributed by atoms with E-state index in [-0.39, 0.29) is 13.2 Å². The molecule has 0 fully saturated rings. The van der Waals surface area contributed by atoms with Gasteiger partial charge in [-0.1, -0.05) is 13.8 Å². The van der Waals surface area contributed by atoms with Crippen LogP contribution < -0.4 is 4.72 Å². The van der Waals surface area contributed by atoms with E-state index in [2.05, 4.69) is 4.72 Å². The van der Waals surface area contributed by atoms with Crippen LogP contribution in [0.3, 0.4) is 0 Å². The van der Waals surface area contributed by atoms with Gasteiger partial charge >= 0.3 is 0 Å². The van der Waals surface area contributed by atoms with Crippen molar-refractivity contribution in [1.82, 2.24) is 4.72 Å². The van der Waals surface area contributed by atoms with Gasteiger partial charge in [0.1, 0.15) is 11.6 Å². The lowest BCUT2D eigenvalue weighted by molar-refractivity contribution is 0.213. The summed E-state index contributed by atoms with van der Waals surface area (Å²) >= 11 is 0. The molecule has 19 heavy (non-hydrogen) atoms. The number of benzene rings is 1. The molecule has 0 heterocycles. The lowest BCUT2D eigenvalue weighted by Crippen LogP contribution is -2.34. The molecule has 108 valence electrons. The van der Waals surface area contributed by atoms with Crippen LogP contribution in [0.1, 0.15) is 20.3 Å². The van der Waals surface area contributed by atoms with Crippen LogP contribution in [0.15, 0.2) is 23.1 Å². The maximum Gasteiger partial charge on any atom is 0.240 e. The van der Waals surface area contributed by atoms with Gasteiger partial charge in [-0.15, -0.1) is 0 Å². The summed E-state index contributed by atoms with van der Waals surface area (Å²) in [7, 11) is -3.97. The number of nitrogens with one attached hydrogen (secondary N) is 1. The Hall–Kier alpha value is -1.05. The van der Waals surface area contributed by atoms with Crippen molar-refractivity contribution in [2.24, 2.45) is 5.41 Å². The number of hydrogen-bond donors (Lipinski definition) is 2. The fraction of sp³-hybridized carbons (Fsp3) is 0.500. The molecule has 7 heteroatoms. The van der Waals surface area contributed by atoms with Crippen molar-refractivity contribution < 1.29 is 22.3 Å². The zero-order chi connectivity index (χ0) is 14.7. The smallest absolute Gasteiger partial charge is 0.240 e. The summed E-state index contributed by atoms with van der Waals surface area (Å²) in [6.07, 6.45) is 0.410. The molecule has 1 rings (SSSR count). The Morgan fingerprint density at radius 2 is 1.74 bits per heavy atom. The highest BCUT2D eigenvalue weighted by Crippen LogP contribution is 2.20. The zero-order valence-electron chi connectivity index (χ0n) is 10.8. The van der Waals surface area contributed by atoms with Crippen LogP contribution in [-0.2, 0) is 10.0 Å². The summed E-state index contributed by atoms with van der Waals surface area (Å²) in [5, 5.41) is 8.84. The minimum Gasteiger partial charge on any atom is -0.396 e. The number of sulfonamides is 1. The molecule has 0 aliphatic heterocycles. The van der Waals surface area contributed by atoms with Gasteiger partial charge in [0.05, 0.1) is 4.90 Å². The third kappa shape index (κ3) is 4.85. The molecule has 2 N–H and O–H groups in total. The van der Waals surface area contributed by atoms with Crippen LogP contribution in [0.25, 0.3) is 0 Å². The van der Waals surface area contributed by atoms with Gasteiger partial charge in [0.2, 0.25) is 10.0 Å². The topological polar surface area (TPSA) is 66.4 Å². The van der Waals surface area contributed by atoms with E-state index in [1.807, 2.05) is 0 Å². The minimum atomic E-state index is -3.97. The lowest BCUT2D eigenvalue weighted by atomic mass is 9.90. The number of aliphatic hydroxyl groups excluding tert-OH is 1. The Balaban J connectivity index is 2.87. The Morgan fingerprint density at radius 3 is 2.21 bits per heavy atom. The van der Waals surface area contributed by atoms with Crippen LogP contribution in [0.5, 0.6) is 0 Å². The maximum atomic E-state index is 13.0. The predicted molar refractivity (Wildman–Crippen MR) is 67.0 cm³/mol.